The van der Waals surface area contributed by atoms with Gasteiger partial charge in [-0.25, -0.2) is 4.39 Å². The molecule has 0 aliphatic carbocycles. The summed E-state index contributed by atoms with van der Waals surface area (Å²) >= 11 is 11.3. The van der Waals surface area contributed by atoms with Gasteiger partial charge in [-0.15, -0.1) is 0 Å². The highest BCUT2D eigenvalue weighted by Gasteiger charge is 2.07. The SMILES string of the molecule is CCc1ccc(F)c(Cl)c1Cl. The number of hydrogen-bond donors (Lipinski definition) is 0. The Labute approximate surface area is 74.9 Å². The lowest BCUT2D eigenvalue weighted by Crippen LogP contribution is -1.85. The third-order valence-corrected chi connectivity index (χ3v) is 2.39. The van der Waals surface area contributed by atoms with Crippen molar-refractivity contribution in [3.8, 4) is 0 Å². The monoisotopic (exact) mass is 192 g/mol. The smallest absolute Gasteiger partial charge is 0.143 e. The standard InChI is InChI=1S/C8H7Cl2F/c1-2-5-3-4-6(11)8(10)7(5)9/h3-4H,2H2,1H3. The third-order valence-electron chi connectivity index (χ3n) is 1.50. The van der Waals surface area contributed by atoms with Crippen molar-refractivity contribution in [3.63, 3.8) is 0 Å². The molecule has 0 fully saturated rings. The molecule has 0 heterocycles. The van der Waals surface area contributed by atoms with Gasteiger partial charge in [-0.05, 0) is 18.1 Å². The molecule has 60 valence electrons. The van der Waals surface area contributed by atoms with Crippen molar-refractivity contribution in [2.24, 2.45) is 0 Å². The van der Waals surface area contributed by atoms with E-state index < -0.39 is 5.82 Å². The molecule has 0 bridgehead atoms. The highest BCUT2D eigenvalue weighted by Crippen LogP contribution is 2.28. The fraction of sp³-hybridized carbons (Fsp3) is 0.250. The molecular weight excluding hydrogens is 186 g/mol. The Morgan fingerprint density at radius 2 is 1.91 bits per heavy atom. The van der Waals surface area contributed by atoms with Crippen LogP contribution in [-0.4, -0.2) is 0 Å². The Balaban J connectivity index is 3.25. The fourth-order valence-corrected chi connectivity index (χ4v) is 1.31. The lowest BCUT2D eigenvalue weighted by atomic mass is 10.2. The molecular formula is C8H7Cl2F. The predicted molar refractivity (Wildman–Crippen MR) is 45.8 cm³/mol. The molecule has 0 aliphatic rings. The van der Waals surface area contributed by atoms with Gasteiger partial charge in [0.25, 0.3) is 0 Å². The normalized spacial score (nSPS) is 10.2. The van der Waals surface area contributed by atoms with Crippen molar-refractivity contribution < 1.29 is 4.39 Å². The van der Waals surface area contributed by atoms with E-state index in [0.717, 1.165) is 12.0 Å². The molecule has 0 amide bonds. The van der Waals surface area contributed by atoms with Crippen molar-refractivity contribution in [1.82, 2.24) is 0 Å². The molecule has 0 spiro atoms. The molecule has 1 rings (SSSR count). The maximum Gasteiger partial charge on any atom is 0.143 e. The van der Waals surface area contributed by atoms with Crippen molar-refractivity contribution in [2.45, 2.75) is 13.3 Å². The lowest BCUT2D eigenvalue weighted by Gasteiger charge is -2.02. The van der Waals surface area contributed by atoms with E-state index in [1.165, 1.54) is 6.07 Å². The molecule has 0 saturated heterocycles. The molecule has 0 unspecified atom stereocenters. The van der Waals surface area contributed by atoms with E-state index in [4.69, 9.17) is 23.2 Å². The number of halogens is 3. The van der Waals surface area contributed by atoms with Crippen LogP contribution in [0.25, 0.3) is 0 Å². The minimum Gasteiger partial charge on any atom is -0.205 e. The van der Waals surface area contributed by atoms with Gasteiger partial charge in [-0.1, -0.05) is 36.2 Å². The number of hydrogen-bond acceptors (Lipinski definition) is 0. The van der Waals surface area contributed by atoms with Crippen molar-refractivity contribution in [1.29, 1.82) is 0 Å². The summed E-state index contributed by atoms with van der Waals surface area (Å²) in [6, 6.07) is 2.97. The van der Waals surface area contributed by atoms with Crippen LogP contribution in [0.2, 0.25) is 10.0 Å². The summed E-state index contributed by atoms with van der Waals surface area (Å²) in [5, 5.41) is 0.347. The van der Waals surface area contributed by atoms with Gasteiger partial charge in [0.2, 0.25) is 0 Å². The first-order chi connectivity index (χ1) is 5.16. The maximum atomic E-state index is 12.7. The molecule has 0 aliphatic heterocycles. The Morgan fingerprint density at radius 1 is 1.27 bits per heavy atom. The largest absolute Gasteiger partial charge is 0.205 e. The van der Waals surface area contributed by atoms with Gasteiger partial charge in [0.15, 0.2) is 0 Å². The summed E-state index contributed by atoms with van der Waals surface area (Å²) in [4.78, 5) is 0. The Morgan fingerprint density at radius 3 is 2.45 bits per heavy atom. The van der Waals surface area contributed by atoms with E-state index in [1.54, 1.807) is 6.07 Å². The summed E-state index contributed by atoms with van der Waals surface area (Å²) in [6.07, 6.45) is 0.763. The first-order valence-corrected chi connectivity index (χ1v) is 4.04. The van der Waals surface area contributed by atoms with Gasteiger partial charge in [0.05, 0.1) is 10.0 Å². The average molecular weight is 193 g/mol. The average Bonchev–Trinajstić information content (AvgIpc) is 2.01. The summed E-state index contributed by atoms with van der Waals surface area (Å²) in [5.74, 6) is -0.464. The van der Waals surface area contributed by atoms with Crippen LogP contribution in [0.3, 0.4) is 0 Å². The molecule has 1 aromatic carbocycles. The van der Waals surface area contributed by atoms with E-state index in [0.29, 0.717) is 5.02 Å². The van der Waals surface area contributed by atoms with E-state index in [1.807, 2.05) is 6.92 Å². The second-order valence-corrected chi connectivity index (χ2v) is 2.94. The summed E-state index contributed by atoms with van der Waals surface area (Å²) in [6.45, 7) is 1.94. The molecule has 0 saturated carbocycles. The van der Waals surface area contributed by atoms with Gasteiger partial charge in [-0.3, -0.25) is 0 Å². The highest BCUT2D eigenvalue weighted by molar-refractivity contribution is 6.42. The number of aryl methyl sites for hydroxylation is 1. The van der Waals surface area contributed by atoms with E-state index in [-0.39, 0.29) is 5.02 Å². The molecule has 0 radical (unpaired) electrons. The summed E-state index contributed by atoms with van der Waals surface area (Å²) in [7, 11) is 0. The van der Waals surface area contributed by atoms with Gasteiger partial charge in [0, 0.05) is 0 Å². The van der Waals surface area contributed by atoms with Gasteiger partial charge >= 0.3 is 0 Å². The van der Waals surface area contributed by atoms with Crippen molar-refractivity contribution in [2.75, 3.05) is 0 Å². The number of rotatable bonds is 1. The topological polar surface area (TPSA) is 0 Å². The van der Waals surface area contributed by atoms with Crippen LogP contribution < -0.4 is 0 Å². The zero-order chi connectivity index (χ0) is 8.43. The first kappa shape index (κ1) is 8.82. The maximum absolute atomic E-state index is 12.7. The second kappa shape index (κ2) is 3.42. The Kier molecular flexibility index (Phi) is 2.74. The third kappa shape index (κ3) is 1.66. The molecule has 0 N–H and O–H groups in total. The van der Waals surface area contributed by atoms with E-state index >= 15 is 0 Å². The molecule has 3 heteroatoms. The number of benzene rings is 1. The fourth-order valence-electron chi connectivity index (χ4n) is 0.839. The van der Waals surface area contributed by atoms with Gasteiger partial charge in [-0.2, -0.15) is 0 Å². The molecule has 0 atom stereocenters. The summed E-state index contributed by atoms with van der Waals surface area (Å²) < 4.78 is 12.7. The van der Waals surface area contributed by atoms with Crippen LogP contribution in [0.5, 0.6) is 0 Å². The molecule has 11 heavy (non-hydrogen) atoms. The highest BCUT2D eigenvalue weighted by atomic mass is 35.5. The molecule has 0 aromatic heterocycles. The lowest BCUT2D eigenvalue weighted by molar-refractivity contribution is 0.627. The zero-order valence-electron chi connectivity index (χ0n) is 6.00. The van der Waals surface area contributed by atoms with Crippen molar-refractivity contribution >= 4 is 23.2 Å². The quantitative estimate of drug-likeness (QED) is 0.596. The van der Waals surface area contributed by atoms with Gasteiger partial charge in [0.1, 0.15) is 5.82 Å². The predicted octanol–water partition coefficient (Wildman–Crippen LogP) is 3.69. The van der Waals surface area contributed by atoms with E-state index in [9.17, 15) is 4.39 Å². The molecule has 1 aromatic rings. The zero-order valence-corrected chi connectivity index (χ0v) is 7.51. The second-order valence-electron chi connectivity index (χ2n) is 2.19. The Hall–Kier alpha value is -0.270. The first-order valence-electron chi connectivity index (χ1n) is 3.29. The van der Waals surface area contributed by atoms with Crippen LogP contribution in [0, 0.1) is 5.82 Å². The van der Waals surface area contributed by atoms with E-state index in [2.05, 4.69) is 0 Å². The van der Waals surface area contributed by atoms with Crippen LogP contribution in [-0.2, 0) is 6.42 Å². The van der Waals surface area contributed by atoms with Crippen LogP contribution >= 0.6 is 23.2 Å². The van der Waals surface area contributed by atoms with Crippen LogP contribution in [0.1, 0.15) is 12.5 Å². The van der Waals surface area contributed by atoms with Crippen molar-refractivity contribution in [3.05, 3.63) is 33.6 Å². The molecule has 0 nitrogen and oxygen atoms in total. The Bertz CT molecular complexity index is 271. The van der Waals surface area contributed by atoms with Crippen LogP contribution in [0.15, 0.2) is 12.1 Å². The minimum absolute atomic E-state index is 0.0195. The minimum atomic E-state index is -0.464. The van der Waals surface area contributed by atoms with Gasteiger partial charge < -0.3 is 0 Å². The van der Waals surface area contributed by atoms with Crippen LogP contribution in [0.4, 0.5) is 4.39 Å². The summed E-state index contributed by atoms with van der Waals surface area (Å²) in [5.41, 5.74) is 0.873.